The van der Waals surface area contributed by atoms with E-state index in [1.54, 1.807) is 0 Å². The van der Waals surface area contributed by atoms with Gasteiger partial charge in [-0.05, 0) is 6.08 Å². The predicted molar refractivity (Wildman–Crippen MR) is 84.5 cm³/mol. The summed E-state index contributed by atoms with van der Waals surface area (Å²) in [5.41, 5.74) is 8.01. The van der Waals surface area contributed by atoms with Gasteiger partial charge in [0.15, 0.2) is 11.3 Å². The molecule has 13 heteroatoms. The van der Waals surface area contributed by atoms with Crippen LogP contribution in [0.1, 0.15) is 5.82 Å². The number of rotatable bonds is 1. The van der Waals surface area contributed by atoms with E-state index < -0.39 is 16.9 Å². The first-order chi connectivity index (χ1) is 11.3. The largest absolute Gasteiger partial charge is 0.398 e. The molecule has 7 N–H and O–H groups in total. The van der Waals surface area contributed by atoms with Crippen LogP contribution >= 0.6 is 0 Å². The van der Waals surface area contributed by atoms with Gasteiger partial charge < -0.3 is 11.5 Å². The summed E-state index contributed by atoms with van der Waals surface area (Å²) in [5.74, 6) is 0.620. The van der Waals surface area contributed by atoms with E-state index in [0.29, 0.717) is 10.5 Å². The molecule has 0 bridgehead atoms. The van der Waals surface area contributed by atoms with Crippen molar-refractivity contribution in [1.29, 1.82) is 0 Å². The zero-order valence-corrected chi connectivity index (χ0v) is 11.9. The molecule has 0 radical (unpaired) electrons. The lowest BCUT2D eigenvalue weighted by molar-refractivity contribution is 0.891. The second-order valence-electron chi connectivity index (χ2n) is 4.09. The minimum atomic E-state index is -0.882. The number of nitrogens with one attached hydrogen (secondary N) is 3. The molecule has 0 saturated carbocycles. The fourth-order valence-electron chi connectivity index (χ4n) is 1.60. The number of aromatic amines is 3. The highest BCUT2D eigenvalue weighted by molar-refractivity contribution is 5.67. The number of imidazole rings is 1. The van der Waals surface area contributed by atoms with E-state index in [1.807, 2.05) is 0 Å². The molecule has 0 aliphatic carbocycles. The lowest BCUT2D eigenvalue weighted by Crippen LogP contribution is -2.30. The Kier molecular flexibility index (Phi) is 4.23. The molecule has 3 aromatic heterocycles. The van der Waals surface area contributed by atoms with E-state index in [1.165, 1.54) is 6.08 Å². The first-order valence-corrected chi connectivity index (χ1v) is 6.10. The van der Waals surface area contributed by atoms with Crippen LogP contribution in [0, 0.1) is 6.57 Å². The van der Waals surface area contributed by atoms with Crippen molar-refractivity contribution < 1.29 is 0 Å². The molecule has 0 aromatic carbocycles. The summed E-state index contributed by atoms with van der Waals surface area (Å²) in [5, 5.41) is 0. The third-order valence-electron chi connectivity index (χ3n) is 2.53. The summed E-state index contributed by atoms with van der Waals surface area (Å²) < 4.78 is 0.298. The molecule has 3 aromatic rings. The molecule has 0 saturated heterocycles. The maximum absolute atomic E-state index is 11.3. The first-order valence-electron chi connectivity index (χ1n) is 6.10. The van der Waals surface area contributed by atoms with Crippen LogP contribution < -0.4 is 28.4 Å². The predicted octanol–water partition coefficient (Wildman–Crippen LogP) is -1.93. The fraction of sp³-hybridized carbons (Fsp3) is 0. The molecule has 0 amide bonds. The third kappa shape index (κ3) is 3.17. The zero-order chi connectivity index (χ0) is 17.9. The Morgan fingerprint density at radius 1 is 1.08 bits per heavy atom. The number of hydrogen-bond donors (Lipinski definition) is 5. The van der Waals surface area contributed by atoms with Crippen LogP contribution in [-0.4, -0.2) is 34.6 Å². The lowest BCUT2D eigenvalue weighted by atomic mass is 10.5. The number of nitrogen functional groups attached to an aromatic ring is 2. The molecule has 0 aliphatic heterocycles. The van der Waals surface area contributed by atoms with E-state index in [2.05, 4.69) is 41.4 Å². The fourth-order valence-corrected chi connectivity index (χ4v) is 1.60. The van der Waals surface area contributed by atoms with Crippen LogP contribution in [-0.2, 0) is 0 Å². The van der Waals surface area contributed by atoms with Crippen molar-refractivity contribution in [2.75, 3.05) is 11.5 Å². The molecule has 3 rings (SSSR count). The van der Waals surface area contributed by atoms with Crippen LogP contribution in [0.15, 0.2) is 21.0 Å². The summed E-state index contributed by atoms with van der Waals surface area (Å²) in [6.07, 6.45) is 1.45. The van der Waals surface area contributed by atoms with Gasteiger partial charge in [0.1, 0.15) is 5.65 Å². The van der Waals surface area contributed by atoms with Crippen LogP contribution in [0.3, 0.4) is 0 Å². The van der Waals surface area contributed by atoms with Crippen LogP contribution in [0.25, 0.3) is 22.2 Å². The van der Waals surface area contributed by atoms with Crippen molar-refractivity contribution >= 4 is 29.1 Å². The summed E-state index contributed by atoms with van der Waals surface area (Å²) in [6, 6.07) is 0. The Morgan fingerprint density at radius 2 is 1.71 bits per heavy atom. The Balaban J connectivity index is 0.000000185. The number of nitrogens with zero attached hydrogens (tertiary/aromatic N) is 5. The molecule has 0 atom stereocenters. The number of anilines is 2. The quantitative estimate of drug-likeness (QED) is 0.317. The second kappa shape index (κ2) is 6.27. The van der Waals surface area contributed by atoms with Crippen LogP contribution in [0.5, 0.6) is 0 Å². The van der Waals surface area contributed by atoms with Crippen molar-refractivity contribution in [3.63, 3.8) is 0 Å². The Labute approximate surface area is 131 Å². The molecular formula is C11H10N10O3. The number of nitrogens with two attached hydrogens (primary N) is 2. The average molecular weight is 330 g/mol. The normalized spacial score (nSPS) is 9.79. The smallest absolute Gasteiger partial charge is 0.368 e. The highest BCUT2D eigenvalue weighted by atomic mass is 16.2. The lowest BCUT2D eigenvalue weighted by Gasteiger charge is -1.94. The van der Waals surface area contributed by atoms with E-state index in [0.717, 1.165) is 0 Å². The molecule has 3 heterocycles. The Hall–Kier alpha value is -4.21. The summed E-state index contributed by atoms with van der Waals surface area (Å²) in [6.45, 7) is 10.0. The minimum Gasteiger partial charge on any atom is -0.368 e. The van der Waals surface area contributed by atoms with E-state index in [-0.39, 0.29) is 23.1 Å². The molecule has 0 unspecified atom stereocenters. The third-order valence-corrected chi connectivity index (χ3v) is 2.53. The maximum atomic E-state index is 11.3. The van der Waals surface area contributed by atoms with Crippen molar-refractivity contribution in [2.45, 2.75) is 0 Å². The number of fused-ring (bicyclic) bond motifs is 1. The first kappa shape index (κ1) is 16.2. The van der Waals surface area contributed by atoms with Gasteiger partial charge in [-0.25, -0.2) is 9.59 Å². The molecule has 13 nitrogen and oxygen atoms in total. The SMILES string of the molecule is C=Cc1nc(N)nc(N)n1.[C-]#[N+]n1c(=O)[nH]c2[nH]c(=O)[nH]c2c1=O. The van der Waals surface area contributed by atoms with Crippen molar-refractivity contribution in [3.8, 4) is 0 Å². The highest BCUT2D eigenvalue weighted by Gasteiger charge is 2.12. The van der Waals surface area contributed by atoms with Gasteiger partial charge in [-0.3, -0.25) is 19.7 Å². The molecule has 0 spiro atoms. The molecule has 0 fully saturated rings. The monoisotopic (exact) mass is 330 g/mol. The Morgan fingerprint density at radius 3 is 2.25 bits per heavy atom. The Bertz CT molecular complexity index is 1110. The van der Waals surface area contributed by atoms with Gasteiger partial charge in [-0.2, -0.15) is 21.5 Å². The van der Waals surface area contributed by atoms with Gasteiger partial charge in [0.05, 0.1) is 4.68 Å². The summed E-state index contributed by atoms with van der Waals surface area (Å²) in [7, 11) is 0. The maximum Gasteiger partial charge on any atom is 0.398 e. The topological polar surface area (TPSA) is 199 Å². The number of H-pyrrole nitrogens is 3. The minimum absolute atomic E-state index is 0.00935. The molecule has 24 heavy (non-hydrogen) atoms. The van der Waals surface area contributed by atoms with Gasteiger partial charge in [-0.1, -0.05) is 6.58 Å². The van der Waals surface area contributed by atoms with Gasteiger partial charge in [0.2, 0.25) is 11.9 Å². The van der Waals surface area contributed by atoms with Crippen molar-refractivity contribution in [1.82, 2.24) is 34.6 Å². The van der Waals surface area contributed by atoms with E-state index >= 15 is 0 Å². The van der Waals surface area contributed by atoms with E-state index in [4.69, 9.17) is 18.0 Å². The van der Waals surface area contributed by atoms with E-state index in [9.17, 15) is 14.4 Å². The highest BCUT2D eigenvalue weighted by Crippen LogP contribution is 1.98. The van der Waals surface area contributed by atoms with Crippen LogP contribution in [0.4, 0.5) is 11.9 Å². The zero-order valence-electron chi connectivity index (χ0n) is 11.9. The second-order valence-corrected chi connectivity index (χ2v) is 4.09. The van der Waals surface area contributed by atoms with Crippen LogP contribution in [0.2, 0.25) is 0 Å². The number of aromatic nitrogens is 7. The van der Waals surface area contributed by atoms with Crippen molar-refractivity contribution in [2.24, 2.45) is 0 Å². The standard InChI is InChI=1S/C6H3N5O3.C5H7N5/c1-7-11-4(12)2-3(10-6(11)14)9-5(13)8-2;1-2-3-8-4(6)10-5(7)9-3/h(H,10,14)(H2,8,9,13);2H,1H2,(H4,6,7,8,9,10). The molecular weight excluding hydrogens is 320 g/mol. The van der Waals surface area contributed by atoms with Gasteiger partial charge in [-0.15, -0.1) is 4.95 Å². The summed E-state index contributed by atoms with van der Waals surface area (Å²) in [4.78, 5) is 53.4. The summed E-state index contributed by atoms with van der Waals surface area (Å²) >= 11 is 0. The molecule has 0 aliphatic rings. The van der Waals surface area contributed by atoms with Crippen molar-refractivity contribution in [3.05, 3.63) is 55.3 Å². The molecule has 122 valence electrons. The van der Waals surface area contributed by atoms with Gasteiger partial charge in [0.25, 0.3) is 0 Å². The van der Waals surface area contributed by atoms with Gasteiger partial charge in [0, 0.05) is 0 Å². The number of hydrogen-bond acceptors (Lipinski definition) is 8. The van der Waals surface area contributed by atoms with Gasteiger partial charge >= 0.3 is 16.9 Å². The average Bonchev–Trinajstić information content (AvgIpc) is 2.88.